The van der Waals surface area contributed by atoms with Gasteiger partial charge < -0.3 is 18.9 Å². The number of thioether (sulfide) groups is 1. The predicted octanol–water partition coefficient (Wildman–Crippen LogP) is 6.42. The molecule has 2 amide bonds. The van der Waals surface area contributed by atoms with E-state index in [0.717, 1.165) is 22.2 Å². The smallest absolute Gasteiger partial charge is 0.293 e. The zero-order valence-corrected chi connectivity index (χ0v) is 21.2. The number of halogens is 2. The van der Waals surface area contributed by atoms with Gasteiger partial charge in [0.15, 0.2) is 23.0 Å². The number of rotatable bonds is 8. The summed E-state index contributed by atoms with van der Waals surface area (Å²) in [7, 11) is 0. The van der Waals surface area contributed by atoms with Crippen molar-refractivity contribution >= 4 is 40.6 Å². The minimum Gasteiger partial charge on any atom is -0.490 e. The molecule has 0 aliphatic carbocycles. The molecule has 0 bridgehead atoms. The van der Waals surface area contributed by atoms with Crippen LogP contribution in [0.1, 0.15) is 23.6 Å². The van der Waals surface area contributed by atoms with Crippen molar-refractivity contribution in [3.8, 4) is 23.0 Å². The number of hydrogen-bond donors (Lipinski definition) is 0. The van der Waals surface area contributed by atoms with Crippen LogP contribution in [0.2, 0.25) is 5.02 Å². The Labute approximate surface area is 221 Å². The Morgan fingerprint density at radius 1 is 1.03 bits per heavy atom. The van der Waals surface area contributed by atoms with E-state index in [0.29, 0.717) is 45.8 Å². The molecule has 3 aromatic carbocycles. The normalized spacial score (nSPS) is 15.5. The van der Waals surface area contributed by atoms with E-state index in [1.54, 1.807) is 48.5 Å². The fourth-order valence-electron chi connectivity index (χ4n) is 3.78. The van der Waals surface area contributed by atoms with Crippen LogP contribution in [0, 0.1) is 5.82 Å². The lowest BCUT2D eigenvalue weighted by atomic mass is 10.1. The lowest BCUT2D eigenvalue weighted by Gasteiger charge is -2.14. The molecule has 2 aliphatic rings. The van der Waals surface area contributed by atoms with Crippen LogP contribution in [0.15, 0.2) is 59.5 Å². The van der Waals surface area contributed by atoms with Crippen LogP contribution in [0.5, 0.6) is 23.0 Å². The van der Waals surface area contributed by atoms with Crippen LogP contribution in [0.25, 0.3) is 6.08 Å². The van der Waals surface area contributed by atoms with Crippen LogP contribution < -0.4 is 18.9 Å². The second-order valence-electron chi connectivity index (χ2n) is 8.12. The van der Waals surface area contributed by atoms with Crippen LogP contribution in [-0.4, -0.2) is 29.4 Å². The lowest BCUT2D eigenvalue weighted by molar-refractivity contribution is -0.123. The second kappa shape index (κ2) is 10.7. The van der Waals surface area contributed by atoms with Crippen molar-refractivity contribution in [1.29, 1.82) is 0 Å². The van der Waals surface area contributed by atoms with Crippen molar-refractivity contribution in [2.24, 2.45) is 0 Å². The first-order valence-electron chi connectivity index (χ1n) is 11.4. The second-order valence-corrected chi connectivity index (χ2v) is 9.52. The van der Waals surface area contributed by atoms with Crippen molar-refractivity contribution < 1.29 is 32.9 Å². The van der Waals surface area contributed by atoms with E-state index in [1.165, 1.54) is 12.1 Å². The number of fused-ring (bicyclic) bond motifs is 1. The van der Waals surface area contributed by atoms with Gasteiger partial charge in [0.2, 0.25) is 6.79 Å². The summed E-state index contributed by atoms with van der Waals surface area (Å²) < 4.78 is 35.4. The molecule has 2 aliphatic heterocycles. The molecule has 3 aromatic rings. The fraction of sp³-hybridized carbons (Fsp3) is 0.185. The highest BCUT2D eigenvalue weighted by Gasteiger charge is 2.35. The lowest BCUT2D eigenvalue weighted by Crippen LogP contribution is -2.27. The molecule has 1 saturated heterocycles. The van der Waals surface area contributed by atoms with Crippen LogP contribution in [0.3, 0.4) is 0 Å². The molecule has 0 spiro atoms. The Morgan fingerprint density at radius 3 is 2.54 bits per heavy atom. The van der Waals surface area contributed by atoms with Gasteiger partial charge in [-0.2, -0.15) is 0 Å². The molecule has 2 heterocycles. The molecule has 0 atom stereocenters. The summed E-state index contributed by atoms with van der Waals surface area (Å²) >= 11 is 7.19. The van der Waals surface area contributed by atoms with Gasteiger partial charge in [-0.1, -0.05) is 29.8 Å². The number of carbonyl (C=O) groups excluding carboxylic acids is 2. The predicted molar refractivity (Wildman–Crippen MR) is 137 cm³/mol. The zero-order valence-electron chi connectivity index (χ0n) is 19.7. The van der Waals surface area contributed by atoms with E-state index in [4.69, 9.17) is 30.5 Å². The number of imide groups is 1. The molecule has 1 fully saturated rings. The van der Waals surface area contributed by atoms with Gasteiger partial charge in [-0.05, 0) is 71.8 Å². The molecular formula is C27H21ClFNO6S. The number of hydrogen-bond acceptors (Lipinski definition) is 7. The minimum absolute atomic E-state index is 0.0117. The highest BCUT2D eigenvalue weighted by Crippen LogP contribution is 2.40. The topological polar surface area (TPSA) is 74.3 Å². The van der Waals surface area contributed by atoms with Crippen molar-refractivity contribution in [2.45, 2.75) is 20.1 Å². The summed E-state index contributed by atoms with van der Waals surface area (Å²) in [6, 6.07) is 14.6. The fourth-order valence-corrected chi connectivity index (χ4v) is 4.83. The van der Waals surface area contributed by atoms with Crippen LogP contribution >= 0.6 is 23.4 Å². The van der Waals surface area contributed by atoms with Gasteiger partial charge in [-0.3, -0.25) is 14.5 Å². The molecule has 37 heavy (non-hydrogen) atoms. The van der Waals surface area contributed by atoms with Crippen molar-refractivity contribution in [2.75, 3.05) is 13.4 Å². The van der Waals surface area contributed by atoms with E-state index >= 15 is 0 Å². The third kappa shape index (κ3) is 5.52. The number of carbonyl (C=O) groups is 2. The summed E-state index contributed by atoms with van der Waals surface area (Å²) in [6.45, 7) is 2.60. The average Bonchev–Trinajstić information content (AvgIpc) is 3.44. The standard InChI is InChI=1S/C27H21ClFNO6S/c1-2-33-22-9-17(5-8-21(22)34-14-16-3-6-19(29)7-4-16)10-25-26(31)30(27(32)37-25)13-18-11-23-24(12-20(18)28)36-15-35-23/h3-12H,2,13-15H2,1H3/b25-10-. The summed E-state index contributed by atoms with van der Waals surface area (Å²) in [5.41, 5.74) is 2.06. The Morgan fingerprint density at radius 2 is 1.78 bits per heavy atom. The third-order valence-electron chi connectivity index (χ3n) is 5.62. The molecule has 10 heteroatoms. The van der Waals surface area contributed by atoms with E-state index < -0.39 is 11.1 Å². The van der Waals surface area contributed by atoms with Gasteiger partial charge in [0.25, 0.3) is 11.1 Å². The highest BCUT2D eigenvalue weighted by atomic mass is 35.5. The number of amides is 2. The molecule has 0 aromatic heterocycles. The van der Waals surface area contributed by atoms with Crippen molar-refractivity contribution in [3.63, 3.8) is 0 Å². The first-order chi connectivity index (χ1) is 17.9. The summed E-state index contributed by atoms with van der Waals surface area (Å²) in [6.07, 6.45) is 1.64. The van der Waals surface area contributed by atoms with Gasteiger partial charge in [0.05, 0.1) is 18.1 Å². The van der Waals surface area contributed by atoms with Gasteiger partial charge >= 0.3 is 0 Å². The van der Waals surface area contributed by atoms with E-state index in [1.807, 2.05) is 6.92 Å². The molecule has 0 unspecified atom stereocenters. The maximum atomic E-state index is 13.1. The Kier molecular flexibility index (Phi) is 7.25. The molecular weight excluding hydrogens is 521 g/mol. The van der Waals surface area contributed by atoms with Gasteiger partial charge in [-0.25, -0.2) is 4.39 Å². The van der Waals surface area contributed by atoms with E-state index in [9.17, 15) is 14.0 Å². The Hall–Kier alpha value is -3.69. The van der Waals surface area contributed by atoms with Gasteiger partial charge in [0, 0.05) is 11.1 Å². The number of benzene rings is 3. The maximum Gasteiger partial charge on any atom is 0.293 e. The first-order valence-corrected chi connectivity index (χ1v) is 12.6. The van der Waals surface area contributed by atoms with E-state index in [2.05, 4.69) is 0 Å². The number of nitrogens with zero attached hydrogens (tertiary/aromatic N) is 1. The van der Waals surface area contributed by atoms with Crippen LogP contribution in [0.4, 0.5) is 9.18 Å². The molecule has 0 radical (unpaired) electrons. The molecule has 190 valence electrons. The van der Waals surface area contributed by atoms with Gasteiger partial charge in [-0.15, -0.1) is 0 Å². The highest BCUT2D eigenvalue weighted by molar-refractivity contribution is 8.18. The van der Waals surface area contributed by atoms with Crippen molar-refractivity contribution in [1.82, 2.24) is 4.90 Å². The third-order valence-corrected chi connectivity index (χ3v) is 6.88. The Bertz CT molecular complexity index is 1390. The maximum absolute atomic E-state index is 13.1. The van der Waals surface area contributed by atoms with E-state index in [-0.39, 0.29) is 30.7 Å². The molecule has 7 nitrogen and oxygen atoms in total. The Balaban J connectivity index is 1.32. The zero-order chi connectivity index (χ0) is 25.9. The first kappa shape index (κ1) is 25.0. The monoisotopic (exact) mass is 541 g/mol. The van der Waals surface area contributed by atoms with Crippen LogP contribution in [-0.2, 0) is 17.9 Å². The summed E-state index contributed by atoms with van der Waals surface area (Å²) in [4.78, 5) is 27.1. The average molecular weight is 542 g/mol. The molecule has 0 saturated carbocycles. The van der Waals surface area contributed by atoms with Gasteiger partial charge in [0.1, 0.15) is 12.4 Å². The quantitative estimate of drug-likeness (QED) is 0.304. The van der Waals surface area contributed by atoms with Crippen molar-refractivity contribution in [3.05, 3.63) is 87.0 Å². The largest absolute Gasteiger partial charge is 0.490 e. The SMILES string of the molecule is CCOc1cc(/C=C2\SC(=O)N(Cc3cc4c(cc3Cl)OCO4)C2=O)ccc1OCc1ccc(F)cc1. The molecule has 5 rings (SSSR count). The number of ether oxygens (including phenoxy) is 4. The molecule has 0 N–H and O–H groups in total. The summed E-state index contributed by atoms with van der Waals surface area (Å²) in [5.74, 6) is 1.31. The minimum atomic E-state index is -0.418. The summed E-state index contributed by atoms with van der Waals surface area (Å²) in [5, 5.41) is -0.0147.